The maximum atomic E-state index is 12.7. The van der Waals surface area contributed by atoms with E-state index in [0.717, 1.165) is 44.8 Å². The quantitative estimate of drug-likeness (QED) is 0.882. The van der Waals surface area contributed by atoms with Gasteiger partial charge in [-0.3, -0.25) is 9.69 Å². The minimum absolute atomic E-state index is 0.0806. The molecule has 3 rings (SSSR count). The molecule has 1 aromatic carbocycles. The normalized spacial score (nSPS) is 24.4. The summed E-state index contributed by atoms with van der Waals surface area (Å²) in [6.07, 6.45) is 0.951. The van der Waals surface area contributed by atoms with E-state index in [1.165, 1.54) is 11.1 Å². The van der Waals surface area contributed by atoms with E-state index < -0.39 is 0 Å². The number of aryl methyl sites for hydroxylation is 2. The maximum absolute atomic E-state index is 12.7. The van der Waals surface area contributed by atoms with Crippen molar-refractivity contribution in [3.05, 3.63) is 29.3 Å². The molecule has 2 fully saturated rings. The third-order valence-corrected chi connectivity index (χ3v) is 4.43. The lowest BCUT2D eigenvalue weighted by atomic mass is 10.1. The maximum Gasteiger partial charge on any atom is 0.244 e. The van der Waals surface area contributed by atoms with Crippen LogP contribution in [0.5, 0.6) is 0 Å². The van der Waals surface area contributed by atoms with Gasteiger partial charge in [0.05, 0.1) is 6.04 Å². The number of carbonyl (C=O) groups excluding carboxylic acids is 1. The first-order valence-corrected chi connectivity index (χ1v) is 7.50. The molecule has 2 heterocycles. The molecule has 1 unspecified atom stereocenters. The van der Waals surface area contributed by atoms with Crippen LogP contribution in [-0.4, -0.2) is 49.6 Å². The summed E-state index contributed by atoms with van der Waals surface area (Å²) in [5.41, 5.74) is 3.49. The van der Waals surface area contributed by atoms with Crippen LogP contribution < -0.4 is 10.2 Å². The van der Waals surface area contributed by atoms with Crippen molar-refractivity contribution in [2.24, 2.45) is 0 Å². The lowest BCUT2D eigenvalue weighted by Gasteiger charge is -2.31. The summed E-state index contributed by atoms with van der Waals surface area (Å²) in [5, 5.41) is 3.35. The van der Waals surface area contributed by atoms with E-state index in [1.807, 2.05) is 4.90 Å². The Labute approximate surface area is 120 Å². The van der Waals surface area contributed by atoms with Crippen molar-refractivity contribution in [1.82, 2.24) is 10.2 Å². The van der Waals surface area contributed by atoms with Gasteiger partial charge in [-0.25, -0.2) is 0 Å². The number of amides is 1. The monoisotopic (exact) mass is 273 g/mol. The molecule has 4 nitrogen and oxygen atoms in total. The average molecular weight is 273 g/mol. The van der Waals surface area contributed by atoms with Crippen LogP contribution in [0.1, 0.15) is 17.5 Å². The van der Waals surface area contributed by atoms with Gasteiger partial charge in [-0.2, -0.15) is 0 Å². The summed E-state index contributed by atoms with van der Waals surface area (Å²) in [6, 6.07) is 6.42. The zero-order valence-electron chi connectivity index (χ0n) is 12.4. The van der Waals surface area contributed by atoms with Crippen LogP contribution >= 0.6 is 0 Å². The Balaban J connectivity index is 1.79. The molecule has 4 heteroatoms. The molecule has 2 aliphatic heterocycles. The van der Waals surface area contributed by atoms with Gasteiger partial charge in [-0.05, 0) is 37.5 Å². The van der Waals surface area contributed by atoms with Crippen LogP contribution in [0, 0.1) is 13.8 Å². The smallest absolute Gasteiger partial charge is 0.244 e. The molecule has 1 aromatic rings. The molecule has 2 aliphatic rings. The first kappa shape index (κ1) is 13.6. The van der Waals surface area contributed by atoms with Gasteiger partial charge in [0.25, 0.3) is 0 Å². The molecule has 1 atom stereocenters. The lowest BCUT2D eigenvalue weighted by molar-refractivity contribution is -0.121. The predicted octanol–water partition coefficient (Wildman–Crippen LogP) is 1.31. The fourth-order valence-electron chi connectivity index (χ4n) is 3.25. The topological polar surface area (TPSA) is 35.6 Å². The van der Waals surface area contributed by atoms with Gasteiger partial charge in [-0.1, -0.05) is 12.1 Å². The Bertz CT molecular complexity index is 508. The minimum atomic E-state index is 0.0806. The number of piperazine rings is 1. The first-order chi connectivity index (χ1) is 9.66. The summed E-state index contributed by atoms with van der Waals surface area (Å²) in [5.74, 6) is 0.278. The molecular formula is C16H23N3O. The van der Waals surface area contributed by atoms with Gasteiger partial charge in [-0.15, -0.1) is 0 Å². The van der Waals surface area contributed by atoms with E-state index in [2.05, 4.69) is 42.3 Å². The highest BCUT2D eigenvalue weighted by Gasteiger charge is 2.37. The highest BCUT2D eigenvalue weighted by molar-refractivity contribution is 6.00. The minimum Gasteiger partial charge on any atom is -0.314 e. The highest BCUT2D eigenvalue weighted by Crippen LogP contribution is 2.28. The van der Waals surface area contributed by atoms with Crippen LogP contribution in [0.3, 0.4) is 0 Å². The molecule has 0 saturated carbocycles. The second-order valence-electron chi connectivity index (χ2n) is 5.87. The van der Waals surface area contributed by atoms with E-state index >= 15 is 0 Å². The van der Waals surface area contributed by atoms with Gasteiger partial charge in [0.15, 0.2) is 0 Å². The van der Waals surface area contributed by atoms with Crippen LogP contribution in [-0.2, 0) is 4.79 Å². The van der Waals surface area contributed by atoms with Gasteiger partial charge < -0.3 is 10.2 Å². The van der Waals surface area contributed by atoms with E-state index in [4.69, 9.17) is 0 Å². The predicted molar refractivity (Wildman–Crippen MR) is 81.1 cm³/mol. The van der Waals surface area contributed by atoms with Gasteiger partial charge in [0, 0.05) is 38.4 Å². The van der Waals surface area contributed by atoms with Crippen molar-refractivity contribution in [3.63, 3.8) is 0 Å². The van der Waals surface area contributed by atoms with Gasteiger partial charge >= 0.3 is 0 Å². The van der Waals surface area contributed by atoms with E-state index in [1.54, 1.807) is 0 Å². The second kappa shape index (κ2) is 5.54. The van der Waals surface area contributed by atoms with Crippen molar-refractivity contribution in [2.45, 2.75) is 26.3 Å². The number of anilines is 1. The summed E-state index contributed by atoms with van der Waals surface area (Å²) in [6.45, 7) is 8.96. The van der Waals surface area contributed by atoms with Crippen molar-refractivity contribution in [2.75, 3.05) is 37.6 Å². The number of nitrogens with one attached hydrogen (secondary N) is 1. The number of hydrogen-bond acceptors (Lipinski definition) is 3. The molecule has 0 spiro atoms. The first-order valence-electron chi connectivity index (χ1n) is 7.50. The van der Waals surface area contributed by atoms with Crippen LogP contribution in [0.15, 0.2) is 18.2 Å². The lowest BCUT2D eigenvalue weighted by Crippen LogP contribution is -2.51. The van der Waals surface area contributed by atoms with E-state index in [-0.39, 0.29) is 11.9 Å². The third kappa shape index (κ3) is 2.45. The van der Waals surface area contributed by atoms with E-state index in [0.29, 0.717) is 0 Å². The summed E-state index contributed by atoms with van der Waals surface area (Å²) < 4.78 is 0. The molecular weight excluding hydrogens is 250 g/mol. The number of carbonyl (C=O) groups is 1. The summed E-state index contributed by atoms with van der Waals surface area (Å²) >= 11 is 0. The van der Waals surface area contributed by atoms with E-state index in [9.17, 15) is 4.79 Å². The zero-order chi connectivity index (χ0) is 14.1. The fraction of sp³-hybridized carbons (Fsp3) is 0.562. The molecule has 20 heavy (non-hydrogen) atoms. The molecule has 108 valence electrons. The average Bonchev–Trinajstić information content (AvgIpc) is 2.84. The van der Waals surface area contributed by atoms with Crippen molar-refractivity contribution in [1.29, 1.82) is 0 Å². The van der Waals surface area contributed by atoms with Crippen molar-refractivity contribution in [3.8, 4) is 0 Å². The van der Waals surface area contributed by atoms with Crippen LogP contribution in [0.25, 0.3) is 0 Å². The molecule has 2 saturated heterocycles. The Hall–Kier alpha value is -1.39. The Morgan fingerprint density at radius 2 is 1.90 bits per heavy atom. The van der Waals surface area contributed by atoms with Crippen molar-refractivity contribution < 1.29 is 4.79 Å². The number of nitrogens with zero attached hydrogens (tertiary/aromatic N) is 2. The standard InChI is InChI=1S/C16H23N3O/c1-12-3-4-13(2)15(11-12)19-8-5-14(16(19)20)18-9-6-17-7-10-18/h3-4,11,14,17H,5-10H2,1-2H3. The number of rotatable bonds is 2. The summed E-state index contributed by atoms with van der Waals surface area (Å²) in [4.78, 5) is 17.1. The fourth-order valence-corrected chi connectivity index (χ4v) is 3.25. The van der Waals surface area contributed by atoms with Crippen LogP contribution in [0.4, 0.5) is 5.69 Å². The molecule has 0 radical (unpaired) electrons. The van der Waals surface area contributed by atoms with Gasteiger partial charge in [0.2, 0.25) is 5.91 Å². The Kier molecular flexibility index (Phi) is 3.76. The highest BCUT2D eigenvalue weighted by atomic mass is 16.2. The largest absolute Gasteiger partial charge is 0.314 e. The van der Waals surface area contributed by atoms with Crippen molar-refractivity contribution >= 4 is 11.6 Å². The Morgan fingerprint density at radius 3 is 2.65 bits per heavy atom. The second-order valence-corrected chi connectivity index (χ2v) is 5.87. The molecule has 1 N–H and O–H groups in total. The molecule has 0 aliphatic carbocycles. The zero-order valence-corrected chi connectivity index (χ0v) is 12.4. The third-order valence-electron chi connectivity index (χ3n) is 4.43. The van der Waals surface area contributed by atoms with Crippen LogP contribution in [0.2, 0.25) is 0 Å². The number of benzene rings is 1. The summed E-state index contributed by atoms with van der Waals surface area (Å²) in [7, 11) is 0. The SMILES string of the molecule is Cc1ccc(C)c(N2CCC(N3CCNCC3)C2=O)c1. The molecule has 0 bridgehead atoms. The molecule has 1 amide bonds. The van der Waals surface area contributed by atoms with Gasteiger partial charge in [0.1, 0.15) is 0 Å². The Morgan fingerprint density at radius 1 is 1.15 bits per heavy atom. The number of hydrogen-bond donors (Lipinski definition) is 1. The molecule has 0 aromatic heterocycles.